The highest BCUT2D eigenvalue weighted by Gasteiger charge is 2.32. The molecule has 0 aliphatic carbocycles. The first-order chi connectivity index (χ1) is 7.81. The highest BCUT2D eigenvalue weighted by molar-refractivity contribution is 6.36. The second kappa shape index (κ2) is 4.57. The average Bonchev–Trinajstić information content (AvgIpc) is 2.25. The molecule has 0 bridgehead atoms. The topological polar surface area (TPSA) is 53.0 Å². The van der Waals surface area contributed by atoms with Crippen molar-refractivity contribution in [2.24, 2.45) is 0 Å². The monoisotopic (exact) mass is 244 g/mol. The Hall–Kier alpha value is -1.85. The van der Waals surface area contributed by atoms with Crippen molar-refractivity contribution < 1.29 is 18.0 Å². The molecule has 0 amide bonds. The summed E-state index contributed by atoms with van der Waals surface area (Å²) in [6.07, 6.45) is -4.14. The molecule has 3 nitrogen and oxygen atoms in total. The van der Waals surface area contributed by atoms with Gasteiger partial charge in [-0.1, -0.05) is 0 Å². The van der Waals surface area contributed by atoms with Crippen LogP contribution in [0.5, 0.6) is 0 Å². The standard InChI is InChI=1S/C11H11F3N2O/c1-6-3-7(11(12,13)14)4-9(16-2)10(6)8(15)5-17/h3-5,15-16H,1-2H3. The Bertz CT molecular complexity index is 467. The van der Waals surface area contributed by atoms with Gasteiger partial charge in [0.2, 0.25) is 0 Å². The number of hydrogen-bond donors (Lipinski definition) is 2. The van der Waals surface area contributed by atoms with E-state index in [4.69, 9.17) is 5.41 Å². The fraction of sp³-hybridized carbons (Fsp3) is 0.273. The van der Waals surface area contributed by atoms with E-state index in [1.165, 1.54) is 14.0 Å². The highest BCUT2D eigenvalue weighted by atomic mass is 19.4. The first-order valence-electron chi connectivity index (χ1n) is 4.75. The number of aryl methyl sites for hydroxylation is 1. The molecule has 1 aromatic rings. The molecule has 0 aliphatic rings. The van der Waals surface area contributed by atoms with Crippen LogP contribution in [0, 0.1) is 12.3 Å². The zero-order valence-electron chi connectivity index (χ0n) is 9.27. The molecule has 6 heteroatoms. The van der Waals surface area contributed by atoms with Gasteiger partial charge in [0.1, 0.15) is 5.71 Å². The fourth-order valence-corrected chi connectivity index (χ4v) is 1.56. The van der Waals surface area contributed by atoms with E-state index in [9.17, 15) is 18.0 Å². The zero-order chi connectivity index (χ0) is 13.2. The van der Waals surface area contributed by atoms with Crippen LogP contribution in [0.2, 0.25) is 0 Å². The van der Waals surface area contributed by atoms with Crippen molar-refractivity contribution in [1.82, 2.24) is 0 Å². The maximum atomic E-state index is 12.5. The molecule has 0 saturated heterocycles. The number of alkyl halides is 3. The van der Waals surface area contributed by atoms with E-state index in [2.05, 4.69) is 5.32 Å². The summed E-state index contributed by atoms with van der Waals surface area (Å²) >= 11 is 0. The summed E-state index contributed by atoms with van der Waals surface area (Å²) in [7, 11) is 1.44. The molecule has 0 heterocycles. The zero-order valence-corrected chi connectivity index (χ0v) is 9.27. The Kier molecular flexibility index (Phi) is 3.55. The number of benzene rings is 1. The van der Waals surface area contributed by atoms with Crippen molar-refractivity contribution in [1.29, 1.82) is 5.41 Å². The van der Waals surface area contributed by atoms with Crippen molar-refractivity contribution in [3.63, 3.8) is 0 Å². The summed E-state index contributed by atoms with van der Waals surface area (Å²) in [4.78, 5) is 10.5. The Morgan fingerprint density at radius 2 is 2.00 bits per heavy atom. The summed E-state index contributed by atoms with van der Waals surface area (Å²) in [5.74, 6) is 0. The molecule has 0 saturated carbocycles. The molecule has 0 spiro atoms. The van der Waals surface area contributed by atoms with Gasteiger partial charge in [-0.2, -0.15) is 13.2 Å². The van der Waals surface area contributed by atoms with E-state index < -0.39 is 11.7 Å². The molecule has 92 valence electrons. The molecular weight excluding hydrogens is 233 g/mol. The number of carbonyl (C=O) groups is 1. The maximum Gasteiger partial charge on any atom is 0.416 e. The van der Waals surface area contributed by atoms with Gasteiger partial charge in [-0.25, -0.2) is 0 Å². The number of hydrogen-bond acceptors (Lipinski definition) is 3. The van der Waals surface area contributed by atoms with Crippen molar-refractivity contribution in [3.8, 4) is 0 Å². The van der Waals surface area contributed by atoms with E-state index in [-0.39, 0.29) is 22.5 Å². The quantitative estimate of drug-likeness (QED) is 0.634. The second-order valence-electron chi connectivity index (χ2n) is 3.49. The van der Waals surface area contributed by atoms with Gasteiger partial charge in [0, 0.05) is 18.3 Å². The van der Waals surface area contributed by atoms with Crippen LogP contribution >= 0.6 is 0 Å². The van der Waals surface area contributed by atoms with Gasteiger partial charge in [-0.3, -0.25) is 10.2 Å². The molecule has 1 aromatic carbocycles. The van der Waals surface area contributed by atoms with Crippen LogP contribution < -0.4 is 5.32 Å². The number of anilines is 1. The lowest BCUT2D eigenvalue weighted by molar-refractivity contribution is -0.137. The van der Waals surface area contributed by atoms with E-state index in [0.717, 1.165) is 12.1 Å². The molecule has 17 heavy (non-hydrogen) atoms. The van der Waals surface area contributed by atoms with E-state index in [0.29, 0.717) is 6.29 Å². The molecule has 0 aromatic heterocycles. The third-order valence-electron chi connectivity index (χ3n) is 2.32. The predicted molar refractivity (Wildman–Crippen MR) is 58.6 cm³/mol. The van der Waals surface area contributed by atoms with Gasteiger partial charge in [-0.05, 0) is 24.6 Å². The van der Waals surface area contributed by atoms with Gasteiger partial charge in [0.25, 0.3) is 0 Å². The second-order valence-corrected chi connectivity index (χ2v) is 3.49. The first kappa shape index (κ1) is 13.2. The fourth-order valence-electron chi connectivity index (χ4n) is 1.56. The number of rotatable bonds is 3. The maximum absolute atomic E-state index is 12.5. The predicted octanol–water partition coefficient (Wildman–Crippen LogP) is 2.62. The van der Waals surface area contributed by atoms with Gasteiger partial charge in [0.15, 0.2) is 6.29 Å². The number of aldehydes is 1. The Labute approximate surface area is 96.1 Å². The largest absolute Gasteiger partial charge is 0.416 e. The highest BCUT2D eigenvalue weighted by Crippen LogP contribution is 2.33. The van der Waals surface area contributed by atoms with Crippen molar-refractivity contribution in [2.75, 3.05) is 12.4 Å². The number of carbonyl (C=O) groups excluding carboxylic acids is 1. The lowest BCUT2D eigenvalue weighted by Crippen LogP contribution is -2.12. The molecule has 0 unspecified atom stereocenters. The molecule has 1 rings (SSSR count). The first-order valence-corrected chi connectivity index (χ1v) is 4.75. The molecule has 0 radical (unpaired) electrons. The number of nitrogens with one attached hydrogen (secondary N) is 2. The van der Waals surface area contributed by atoms with Crippen LogP contribution in [-0.2, 0) is 11.0 Å². The van der Waals surface area contributed by atoms with Gasteiger partial charge in [0.05, 0.1) is 5.56 Å². The van der Waals surface area contributed by atoms with Crippen molar-refractivity contribution >= 4 is 17.7 Å². The summed E-state index contributed by atoms with van der Waals surface area (Å²) in [5.41, 5.74) is -0.603. The lowest BCUT2D eigenvalue weighted by atomic mass is 9.99. The molecule has 2 N–H and O–H groups in total. The van der Waals surface area contributed by atoms with Crippen LogP contribution in [0.1, 0.15) is 16.7 Å². The third kappa shape index (κ3) is 2.64. The Morgan fingerprint density at radius 1 is 1.41 bits per heavy atom. The lowest BCUT2D eigenvalue weighted by Gasteiger charge is -2.15. The summed E-state index contributed by atoms with van der Waals surface area (Å²) in [6, 6.07) is 1.81. The smallest absolute Gasteiger partial charge is 0.388 e. The van der Waals surface area contributed by atoms with Gasteiger partial charge >= 0.3 is 6.18 Å². The minimum absolute atomic E-state index is 0.120. The minimum atomic E-state index is -4.45. The summed E-state index contributed by atoms with van der Waals surface area (Å²) in [5, 5.41) is 9.96. The molecule has 0 atom stereocenters. The molecular formula is C11H11F3N2O. The summed E-state index contributed by atoms with van der Waals surface area (Å²) in [6.45, 7) is 1.43. The van der Waals surface area contributed by atoms with Gasteiger partial charge in [-0.15, -0.1) is 0 Å². The van der Waals surface area contributed by atoms with E-state index >= 15 is 0 Å². The van der Waals surface area contributed by atoms with Gasteiger partial charge < -0.3 is 5.32 Å². The van der Waals surface area contributed by atoms with E-state index in [1.54, 1.807) is 0 Å². The Balaban J connectivity index is 3.46. The average molecular weight is 244 g/mol. The minimum Gasteiger partial charge on any atom is -0.388 e. The van der Waals surface area contributed by atoms with Crippen LogP contribution in [0.4, 0.5) is 18.9 Å². The van der Waals surface area contributed by atoms with Crippen molar-refractivity contribution in [2.45, 2.75) is 13.1 Å². The SMILES string of the molecule is CNc1cc(C(F)(F)F)cc(C)c1C(=N)C=O. The number of halogens is 3. The van der Waals surface area contributed by atoms with E-state index in [1.807, 2.05) is 0 Å². The van der Waals surface area contributed by atoms with Crippen LogP contribution in [-0.4, -0.2) is 19.0 Å². The molecule has 0 aliphatic heterocycles. The van der Waals surface area contributed by atoms with Crippen LogP contribution in [0.15, 0.2) is 12.1 Å². The van der Waals surface area contributed by atoms with Crippen LogP contribution in [0.25, 0.3) is 0 Å². The third-order valence-corrected chi connectivity index (χ3v) is 2.32. The van der Waals surface area contributed by atoms with Crippen LogP contribution in [0.3, 0.4) is 0 Å². The van der Waals surface area contributed by atoms with Crippen molar-refractivity contribution in [3.05, 3.63) is 28.8 Å². The molecule has 0 fully saturated rings. The summed E-state index contributed by atoms with van der Waals surface area (Å²) < 4.78 is 37.6. The Morgan fingerprint density at radius 3 is 2.41 bits per heavy atom. The normalized spacial score (nSPS) is 11.1.